The fourth-order valence-electron chi connectivity index (χ4n) is 1.96. The topological polar surface area (TPSA) is 32.3 Å². The summed E-state index contributed by atoms with van der Waals surface area (Å²) in [5, 5.41) is 12.5. The first-order valence-corrected chi connectivity index (χ1v) is 4.60. The summed E-state index contributed by atoms with van der Waals surface area (Å²) in [5.41, 5.74) is 0. The van der Waals surface area contributed by atoms with Crippen LogP contribution in [0.5, 0.6) is 0 Å². The first kappa shape index (κ1) is 9.01. The molecule has 0 spiro atoms. The smallest absolute Gasteiger partial charge is 0.0474 e. The molecule has 2 heteroatoms. The van der Waals surface area contributed by atoms with Crippen molar-refractivity contribution >= 4 is 0 Å². The summed E-state index contributed by atoms with van der Waals surface area (Å²) in [4.78, 5) is 0. The quantitative estimate of drug-likeness (QED) is 0.627. The van der Waals surface area contributed by atoms with Gasteiger partial charge in [0.25, 0.3) is 0 Å². The summed E-state index contributed by atoms with van der Waals surface area (Å²) >= 11 is 0. The van der Waals surface area contributed by atoms with E-state index in [1.165, 1.54) is 12.8 Å². The molecular formula is C9H19NO. The lowest BCUT2D eigenvalue weighted by atomic mass is 9.85. The molecule has 0 aromatic rings. The third kappa shape index (κ3) is 2.17. The van der Waals surface area contributed by atoms with E-state index < -0.39 is 0 Å². The molecule has 2 nitrogen and oxygen atoms in total. The van der Waals surface area contributed by atoms with Crippen molar-refractivity contribution in [3.63, 3.8) is 0 Å². The molecule has 11 heavy (non-hydrogen) atoms. The normalized spacial score (nSPS) is 32.7. The number of aliphatic hydroxyl groups excluding tert-OH is 1. The number of rotatable bonds is 2. The Kier molecular flexibility index (Phi) is 3.34. The number of aliphatic hydroxyl groups is 1. The lowest BCUT2D eigenvalue weighted by Crippen LogP contribution is -2.46. The zero-order valence-electron chi connectivity index (χ0n) is 7.51. The van der Waals surface area contributed by atoms with Crippen LogP contribution < -0.4 is 5.32 Å². The van der Waals surface area contributed by atoms with Gasteiger partial charge >= 0.3 is 0 Å². The van der Waals surface area contributed by atoms with Gasteiger partial charge in [-0.25, -0.2) is 0 Å². The van der Waals surface area contributed by atoms with Crippen LogP contribution in [0.25, 0.3) is 0 Å². The van der Waals surface area contributed by atoms with E-state index in [1.54, 1.807) is 0 Å². The zero-order valence-corrected chi connectivity index (χ0v) is 7.51. The zero-order chi connectivity index (χ0) is 8.27. The summed E-state index contributed by atoms with van der Waals surface area (Å²) in [6.07, 6.45) is 2.40. The lowest BCUT2D eigenvalue weighted by molar-refractivity contribution is 0.136. The molecule has 0 aromatic heterocycles. The van der Waals surface area contributed by atoms with Crippen molar-refractivity contribution in [2.45, 2.75) is 32.7 Å². The van der Waals surface area contributed by atoms with Crippen molar-refractivity contribution in [1.29, 1.82) is 0 Å². The van der Waals surface area contributed by atoms with Crippen LogP contribution in [0.2, 0.25) is 0 Å². The first-order chi connectivity index (χ1) is 5.25. The molecule has 1 fully saturated rings. The predicted octanol–water partition coefficient (Wildman–Crippen LogP) is 1.00. The second kappa shape index (κ2) is 4.07. The van der Waals surface area contributed by atoms with Gasteiger partial charge in [0, 0.05) is 12.6 Å². The fraction of sp³-hybridized carbons (Fsp3) is 1.00. The predicted molar refractivity (Wildman–Crippen MR) is 46.4 cm³/mol. The number of hydrogen-bond donors (Lipinski definition) is 2. The second-order valence-electron chi connectivity index (χ2n) is 3.81. The van der Waals surface area contributed by atoms with Crippen molar-refractivity contribution < 1.29 is 5.11 Å². The molecule has 1 aliphatic rings. The van der Waals surface area contributed by atoms with Crippen molar-refractivity contribution in [2.24, 2.45) is 11.8 Å². The molecule has 2 atom stereocenters. The molecule has 0 aliphatic carbocycles. The van der Waals surface area contributed by atoms with Gasteiger partial charge in [0.05, 0.1) is 0 Å². The van der Waals surface area contributed by atoms with Gasteiger partial charge in [-0.15, -0.1) is 0 Å². The Morgan fingerprint density at radius 2 is 2.27 bits per heavy atom. The summed E-state index contributed by atoms with van der Waals surface area (Å²) in [7, 11) is 0. The van der Waals surface area contributed by atoms with Gasteiger partial charge in [0.2, 0.25) is 0 Å². The van der Waals surface area contributed by atoms with Crippen molar-refractivity contribution in [3.8, 4) is 0 Å². The molecule has 0 aromatic carbocycles. The van der Waals surface area contributed by atoms with Gasteiger partial charge in [0.15, 0.2) is 0 Å². The van der Waals surface area contributed by atoms with Crippen LogP contribution in [0.4, 0.5) is 0 Å². The Bertz CT molecular complexity index is 114. The maximum absolute atomic E-state index is 9.07. The molecule has 0 radical (unpaired) electrons. The van der Waals surface area contributed by atoms with E-state index in [2.05, 4.69) is 19.2 Å². The number of hydrogen-bond acceptors (Lipinski definition) is 2. The standard InChI is InChI=1S/C9H19NO/c1-7(2)9-8(6-11)4-3-5-10-9/h7-11H,3-6H2,1-2H3. The van der Waals surface area contributed by atoms with E-state index in [0.717, 1.165) is 6.54 Å². The average Bonchev–Trinajstić information content (AvgIpc) is 2.04. The van der Waals surface area contributed by atoms with Crippen LogP contribution in [-0.4, -0.2) is 24.3 Å². The van der Waals surface area contributed by atoms with Crippen molar-refractivity contribution in [3.05, 3.63) is 0 Å². The molecule has 1 rings (SSSR count). The maximum atomic E-state index is 9.07. The summed E-state index contributed by atoms with van der Waals surface area (Å²) in [6, 6.07) is 0.536. The van der Waals surface area contributed by atoms with Gasteiger partial charge in [-0.2, -0.15) is 0 Å². The van der Waals surface area contributed by atoms with Crippen molar-refractivity contribution in [2.75, 3.05) is 13.2 Å². The number of nitrogens with one attached hydrogen (secondary N) is 1. The highest BCUT2D eigenvalue weighted by Crippen LogP contribution is 2.21. The Balaban J connectivity index is 2.44. The van der Waals surface area contributed by atoms with Crippen LogP contribution >= 0.6 is 0 Å². The summed E-state index contributed by atoms with van der Waals surface area (Å²) in [5.74, 6) is 1.14. The van der Waals surface area contributed by atoms with E-state index >= 15 is 0 Å². The van der Waals surface area contributed by atoms with E-state index in [0.29, 0.717) is 24.5 Å². The van der Waals surface area contributed by atoms with Gasteiger partial charge in [-0.05, 0) is 31.2 Å². The van der Waals surface area contributed by atoms with Crippen LogP contribution in [0, 0.1) is 11.8 Å². The lowest BCUT2D eigenvalue weighted by Gasteiger charge is -2.34. The Morgan fingerprint density at radius 3 is 2.73 bits per heavy atom. The third-order valence-electron chi connectivity index (χ3n) is 2.59. The fourth-order valence-corrected chi connectivity index (χ4v) is 1.96. The van der Waals surface area contributed by atoms with Gasteiger partial charge in [-0.1, -0.05) is 13.8 Å². The minimum absolute atomic E-state index is 0.343. The van der Waals surface area contributed by atoms with Gasteiger partial charge in [0.1, 0.15) is 0 Å². The van der Waals surface area contributed by atoms with E-state index in [1.807, 2.05) is 0 Å². The Labute approximate surface area is 69.0 Å². The van der Waals surface area contributed by atoms with Gasteiger partial charge < -0.3 is 10.4 Å². The molecule has 0 amide bonds. The highest BCUT2D eigenvalue weighted by atomic mass is 16.3. The summed E-state index contributed by atoms with van der Waals surface area (Å²) in [6.45, 7) is 5.90. The van der Waals surface area contributed by atoms with Crippen LogP contribution in [0.1, 0.15) is 26.7 Å². The Morgan fingerprint density at radius 1 is 1.55 bits per heavy atom. The molecule has 0 saturated carbocycles. The summed E-state index contributed by atoms with van der Waals surface area (Å²) < 4.78 is 0. The molecule has 2 unspecified atom stereocenters. The largest absolute Gasteiger partial charge is 0.396 e. The monoisotopic (exact) mass is 157 g/mol. The highest BCUT2D eigenvalue weighted by molar-refractivity contribution is 4.82. The van der Waals surface area contributed by atoms with Gasteiger partial charge in [-0.3, -0.25) is 0 Å². The van der Waals surface area contributed by atoms with Crippen molar-refractivity contribution in [1.82, 2.24) is 5.32 Å². The highest BCUT2D eigenvalue weighted by Gasteiger charge is 2.25. The third-order valence-corrected chi connectivity index (χ3v) is 2.59. The molecule has 66 valence electrons. The van der Waals surface area contributed by atoms with Crippen LogP contribution in [0.15, 0.2) is 0 Å². The van der Waals surface area contributed by atoms with E-state index in [4.69, 9.17) is 5.11 Å². The van der Waals surface area contributed by atoms with Crippen LogP contribution in [-0.2, 0) is 0 Å². The Hall–Kier alpha value is -0.0800. The van der Waals surface area contributed by atoms with Crippen LogP contribution in [0.3, 0.4) is 0 Å². The van der Waals surface area contributed by atoms with E-state index in [-0.39, 0.29) is 0 Å². The van der Waals surface area contributed by atoms with E-state index in [9.17, 15) is 0 Å². The minimum atomic E-state index is 0.343. The molecule has 2 N–H and O–H groups in total. The second-order valence-corrected chi connectivity index (χ2v) is 3.81. The SMILES string of the molecule is CC(C)C1NCCCC1CO. The molecule has 0 bridgehead atoms. The average molecular weight is 157 g/mol. The molecule has 1 heterocycles. The molecule has 1 aliphatic heterocycles. The maximum Gasteiger partial charge on any atom is 0.0474 e. The number of piperidine rings is 1. The first-order valence-electron chi connectivity index (χ1n) is 4.60. The molecular weight excluding hydrogens is 138 g/mol. The minimum Gasteiger partial charge on any atom is -0.396 e. The molecule has 1 saturated heterocycles.